The van der Waals surface area contributed by atoms with Crippen LogP contribution in [0.15, 0.2) is 11.4 Å². The Hall–Kier alpha value is -1.89. The summed E-state index contributed by atoms with van der Waals surface area (Å²) >= 11 is 1.06. The molecule has 0 saturated carbocycles. The molecule has 1 unspecified atom stereocenters. The van der Waals surface area contributed by atoms with Crippen molar-refractivity contribution in [2.24, 2.45) is 5.73 Å². The summed E-state index contributed by atoms with van der Waals surface area (Å²) in [6.07, 6.45) is 0. The van der Waals surface area contributed by atoms with E-state index in [1.165, 1.54) is 25.4 Å². The van der Waals surface area contributed by atoms with Crippen molar-refractivity contribution >= 4 is 29.1 Å². The fourth-order valence-corrected chi connectivity index (χ4v) is 1.97. The molecule has 0 aliphatic rings. The number of primary amides is 1. The van der Waals surface area contributed by atoms with Crippen LogP contribution in [0.25, 0.3) is 0 Å². The zero-order valence-corrected chi connectivity index (χ0v) is 10.2. The molecule has 17 heavy (non-hydrogen) atoms. The van der Waals surface area contributed by atoms with Gasteiger partial charge in [-0.1, -0.05) is 0 Å². The van der Waals surface area contributed by atoms with Crippen LogP contribution >= 0.6 is 11.3 Å². The summed E-state index contributed by atoms with van der Waals surface area (Å²) < 4.78 is 0. The van der Waals surface area contributed by atoms with Crippen molar-refractivity contribution in [1.82, 2.24) is 4.90 Å². The second kappa shape index (κ2) is 4.96. The molecule has 1 heterocycles. The molecule has 1 aromatic rings. The number of carbonyl (C=O) groups excluding carboxylic acids is 2. The van der Waals surface area contributed by atoms with E-state index in [2.05, 4.69) is 0 Å². The molecule has 1 atom stereocenters. The maximum atomic E-state index is 11.8. The van der Waals surface area contributed by atoms with E-state index in [9.17, 15) is 14.4 Å². The minimum absolute atomic E-state index is 0.245. The lowest BCUT2D eigenvalue weighted by Crippen LogP contribution is -2.39. The van der Waals surface area contributed by atoms with E-state index in [0.717, 1.165) is 16.2 Å². The largest absolute Gasteiger partial charge is 0.480 e. The van der Waals surface area contributed by atoms with E-state index in [0.29, 0.717) is 0 Å². The summed E-state index contributed by atoms with van der Waals surface area (Å²) in [5.74, 6) is -2.15. The quantitative estimate of drug-likeness (QED) is 0.813. The van der Waals surface area contributed by atoms with E-state index in [1.54, 1.807) is 0 Å². The van der Waals surface area contributed by atoms with Crippen LogP contribution in [0.1, 0.15) is 27.0 Å². The summed E-state index contributed by atoms with van der Waals surface area (Å²) in [5, 5.41) is 10.2. The van der Waals surface area contributed by atoms with Gasteiger partial charge < -0.3 is 15.7 Å². The van der Waals surface area contributed by atoms with Crippen molar-refractivity contribution in [2.75, 3.05) is 7.05 Å². The van der Waals surface area contributed by atoms with Gasteiger partial charge in [0.1, 0.15) is 6.04 Å². The monoisotopic (exact) mass is 256 g/mol. The van der Waals surface area contributed by atoms with Crippen LogP contribution in [-0.2, 0) is 4.79 Å². The van der Waals surface area contributed by atoms with Crippen molar-refractivity contribution in [3.8, 4) is 0 Å². The van der Waals surface area contributed by atoms with Gasteiger partial charge in [-0.3, -0.25) is 9.59 Å². The van der Waals surface area contributed by atoms with Crippen LogP contribution in [0.4, 0.5) is 0 Å². The van der Waals surface area contributed by atoms with Crippen molar-refractivity contribution in [3.05, 3.63) is 21.9 Å². The summed E-state index contributed by atoms with van der Waals surface area (Å²) in [6.45, 7) is 1.41. The molecule has 6 nitrogen and oxygen atoms in total. The summed E-state index contributed by atoms with van der Waals surface area (Å²) in [5.41, 5.74) is 5.31. The highest BCUT2D eigenvalue weighted by Gasteiger charge is 2.24. The minimum atomic E-state index is -1.09. The highest BCUT2D eigenvalue weighted by Crippen LogP contribution is 2.17. The number of carbonyl (C=O) groups is 3. The highest BCUT2D eigenvalue weighted by atomic mass is 32.1. The summed E-state index contributed by atoms with van der Waals surface area (Å²) in [7, 11) is 1.39. The second-order valence-electron chi connectivity index (χ2n) is 3.49. The molecule has 2 amide bonds. The lowest BCUT2D eigenvalue weighted by Gasteiger charge is -2.20. The number of likely N-dealkylation sites (N-methyl/N-ethyl adjacent to an activating group) is 1. The molecule has 0 aliphatic carbocycles. The molecule has 0 radical (unpaired) electrons. The number of nitrogens with two attached hydrogens (primary N) is 1. The van der Waals surface area contributed by atoms with Crippen molar-refractivity contribution < 1.29 is 19.5 Å². The van der Waals surface area contributed by atoms with Gasteiger partial charge in [0.25, 0.3) is 5.91 Å². The lowest BCUT2D eigenvalue weighted by molar-refractivity contribution is -0.141. The van der Waals surface area contributed by atoms with Gasteiger partial charge in [0, 0.05) is 12.4 Å². The van der Waals surface area contributed by atoms with Crippen LogP contribution in [-0.4, -0.2) is 40.9 Å². The normalized spacial score (nSPS) is 11.9. The fourth-order valence-electron chi connectivity index (χ4n) is 1.09. The molecular weight excluding hydrogens is 244 g/mol. The maximum absolute atomic E-state index is 11.8. The SMILES string of the molecule is CC(C(=O)O)N(C)C(=O)c1cc(C(N)=O)cs1. The van der Waals surface area contributed by atoms with Gasteiger partial charge in [-0.25, -0.2) is 4.79 Å². The van der Waals surface area contributed by atoms with E-state index >= 15 is 0 Å². The van der Waals surface area contributed by atoms with Gasteiger partial charge >= 0.3 is 5.97 Å². The summed E-state index contributed by atoms with van der Waals surface area (Å²) in [4.78, 5) is 34.8. The van der Waals surface area contributed by atoms with Gasteiger partial charge in [-0.05, 0) is 13.0 Å². The molecule has 92 valence electrons. The topological polar surface area (TPSA) is 101 Å². The number of carboxylic acid groups (broad SMARTS) is 1. The first-order valence-electron chi connectivity index (χ1n) is 4.73. The molecular formula is C10H12N2O4S. The van der Waals surface area contributed by atoms with Crippen LogP contribution < -0.4 is 5.73 Å². The van der Waals surface area contributed by atoms with Crippen LogP contribution in [0.2, 0.25) is 0 Å². The van der Waals surface area contributed by atoms with E-state index in [-0.39, 0.29) is 10.4 Å². The number of amides is 2. The molecule has 0 fully saturated rings. The zero-order chi connectivity index (χ0) is 13.2. The fraction of sp³-hybridized carbons (Fsp3) is 0.300. The number of thiophene rings is 1. The molecule has 0 aromatic carbocycles. The Morgan fingerprint density at radius 3 is 2.47 bits per heavy atom. The molecule has 0 aliphatic heterocycles. The first-order valence-corrected chi connectivity index (χ1v) is 5.61. The second-order valence-corrected chi connectivity index (χ2v) is 4.41. The first-order chi connectivity index (χ1) is 7.84. The van der Waals surface area contributed by atoms with E-state index in [4.69, 9.17) is 10.8 Å². The Morgan fingerprint density at radius 2 is 2.06 bits per heavy atom. The van der Waals surface area contributed by atoms with Gasteiger partial charge in [0.15, 0.2) is 0 Å². The standard InChI is InChI=1S/C10H12N2O4S/c1-5(10(15)16)12(2)9(14)7-3-6(4-17-7)8(11)13/h3-5H,1-2H3,(H2,11,13)(H,15,16). The Bertz CT molecular complexity index is 469. The van der Waals surface area contributed by atoms with Gasteiger partial charge in [-0.2, -0.15) is 0 Å². The first kappa shape index (κ1) is 13.2. The molecule has 7 heteroatoms. The average Bonchev–Trinajstić information content (AvgIpc) is 2.75. The van der Waals surface area contributed by atoms with Crippen molar-refractivity contribution in [1.29, 1.82) is 0 Å². The third kappa shape index (κ3) is 2.82. The Labute approximate surface area is 102 Å². The third-order valence-corrected chi connectivity index (χ3v) is 3.27. The minimum Gasteiger partial charge on any atom is -0.480 e. The molecule has 0 spiro atoms. The summed E-state index contributed by atoms with van der Waals surface area (Å²) in [6, 6.07) is 0.432. The number of nitrogens with zero attached hydrogens (tertiary/aromatic N) is 1. The average molecular weight is 256 g/mol. The Morgan fingerprint density at radius 1 is 1.47 bits per heavy atom. The number of aliphatic carboxylic acids is 1. The number of hydrogen-bond donors (Lipinski definition) is 2. The predicted octanol–water partition coefficient (Wildman–Crippen LogP) is 0.392. The Balaban J connectivity index is 2.89. The predicted molar refractivity (Wildman–Crippen MR) is 62.0 cm³/mol. The third-order valence-electron chi connectivity index (χ3n) is 2.35. The molecule has 1 rings (SSSR count). The number of rotatable bonds is 4. The smallest absolute Gasteiger partial charge is 0.326 e. The van der Waals surface area contributed by atoms with E-state index < -0.39 is 23.8 Å². The van der Waals surface area contributed by atoms with Gasteiger partial charge in [-0.15, -0.1) is 11.3 Å². The van der Waals surface area contributed by atoms with Gasteiger partial charge in [0.05, 0.1) is 10.4 Å². The van der Waals surface area contributed by atoms with Crippen LogP contribution in [0.3, 0.4) is 0 Å². The molecule has 0 saturated heterocycles. The lowest BCUT2D eigenvalue weighted by atomic mass is 10.2. The van der Waals surface area contributed by atoms with Crippen LogP contribution in [0.5, 0.6) is 0 Å². The Kier molecular flexibility index (Phi) is 3.84. The van der Waals surface area contributed by atoms with Crippen molar-refractivity contribution in [3.63, 3.8) is 0 Å². The molecule has 1 aromatic heterocycles. The molecule has 0 bridgehead atoms. The van der Waals surface area contributed by atoms with E-state index in [1.807, 2.05) is 0 Å². The van der Waals surface area contributed by atoms with Crippen LogP contribution in [0, 0.1) is 0 Å². The van der Waals surface area contributed by atoms with Gasteiger partial charge in [0.2, 0.25) is 5.91 Å². The number of hydrogen-bond acceptors (Lipinski definition) is 4. The maximum Gasteiger partial charge on any atom is 0.326 e. The highest BCUT2D eigenvalue weighted by molar-refractivity contribution is 7.12. The van der Waals surface area contributed by atoms with Crippen molar-refractivity contribution in [2.45, 2.75) is 13.0 Å². The zero-order valence-electron chi connectivity index (χ0n) is 9.34. The number of carboxylic acids is 1. The molecule has 3 N–H and O–H groups in total.